The zero-order chi connectivity index (χ0) is 12.1. The summed E-state index contributed by atoms with van der Waals surface area (Å²) in [5, 5.41) is 5.39. The fourth-order valence-corrected chi connectivity index (χ4v) is 2.64. The lowest BCUT2D eigenvalue weighted by Crippen LogP contribution is -2.17. The Bertz CT molecular complexity index is 467. The molecule has 0 bridgehead atoms. The Hall–Kier alpha value is -0.650. The maximum atomic E-state index is 5.70. The minimum atomic E-state index is 0.797. The molecule has 0 aliphatic heterocycles. The highest BCUT2D eigenvalue weighted by molar-refractivity contribution is 9.11. The van der Waals surface area contributed by atoms with Crippen LogP contribution in [0.25, 0.3) is 11.3 Å². The number of hydrogen-bond acceptors (Lipinski definition) is 4. The van der Waals surface area contributed by atoms with Gasteiger partial charge in [0.2, 0.25) is 0 Å². The van der Waals surface area contributed by atoms with Crippen molar-refractivity contribution in [2.24, 2.45) is 0 Å². The lowest BCUT2D eigenvalue weighted by molar-refractivity contribution is 0.495. The fraction of sp³-hybridized carbons (Fsp3) is 0.417. The first-order valence-corrected chi connectivity index (χ1v) is 7.36. The summed E-state index contributed by atoms with van der Waals surface area (Å²) in [7, 11) is 0. The van der Waals surface area contributed by atoms with E-state index in [2.05, 4.69) is 38.5 Å². The van der Waals surface area contributed by atoms with Crippen LogP contribution in [0.5, 0.6) is 0 Å². The van der Waals surface area contributed by atoms with Crippen molar-refractivity contribution >= 4 is 27.3 Å². The quantitative estimate of drug-likeness (QED) is 0.826. The van der Waals surface area contributed by atoms with Crippen LogP contribution < -0.4 is 5.32 Å². The lowest BCUT2D eigenvalue weighted by Gasteiger charge is -1.98. The van der Waals surface area contributed by atoms with Gasteiger partial charge in [0, 0.05) is 23.9 Å². The second kappa shape index (κ2) is 6.33. The Morgan fingerprint density at radius 2 is 2.35 bits per heavy atom. The van der Waals surface area contributed by atoms with Crippen molar-refractivity contribution in [3.8, 4) is 11.3 Å². The van der Waals surface area contributed by atoms with Crippen LogP contribution in [0.15, 0.2) is 25.8 Å². The van der Waals surface area contributed by atoms with E-state index in [4.69, 9.17) is 4.42 Å². The molecule has 92 valence electrons. The Kier molecular flexibility index (Phi) is 4.76. The van der Waals surface area contributed by atoms with Crippen LogP contribution in [0.2, 0.25) is 0 Å². The summed E-state index contributed by atoms with van der Waals surface area (Å²) in [6, 6.07) is 2.05. The first-order chi connectivity index (χ1) is 8.29. The van der Waals surface area contributed by atoms with Gasteiger partial charge in [-0.25, -0.2) is 4.98 Å². The Labute approximate surface area is 113 Å². The van der Waals surface area contributed by atoms with Gasteiger partial charge in [-0.15, -0.1) is 11.3 Å². The molecule has 3 nitrogen and oxygen atoms in total. The summed E-state index contributed by atoms with van der Waals surface area (Å²) >= 11 is 5.09. The highest BCUT2D eigenvalue weighted by atomic mass is 79.9. The van der Waals surface area contributed by atoms with E-state index < -0.39 is 0 Å². The van der Waals surface area contributed by atoms with E-state index in [0.29, 0.717) is 0 Å². The van der Waals surface area contributed by atoms with Gasteiger partial charge in [0.05, 0.1) is 9.98 Å². The minimum Gasteiger partial charge on any atom is -0.441 e. The predicted molar refractivity (Wildman–Crippen MR) is 74.4 cm³/mol. The third-order valence-corrected chi connectivity index (χ3v) is 3.85. The standard InChI is InChI=1S/C12H15BrN2OS/c1-2-4-14-5-3-12-15-7-10(16-12)9-6-11(13)17-8-9/h6-8,14H,2-5H2,1H3. The number of oxazole rings is 1. The van der Waals surface area contributed by atoms with Crippen LogP contribution in [0.4, 0.5) is 0 Å². The summed E-state index contributed by atoms with van der Waals surface area (Å²) in [5.74, 6) is 1.64. The van der Waals surface area contributed by atoms with Gasteiger partial charge in [0.15, 0.2) is 11.7 Å². The minimum absolute atomic E-state index is 0.797. The molecular weight excluding hydrogens is 300 g/mol. The zero-order valence-corrected chi connectivity index (χ0v) is 12.1. The second-order valence-electron chi connectivity index (χ2n) is 3.76. The number of nitrogens with zero attached hydrogens (tertiary/aromatic N) is 1. The number of rotatable bonds is 6. The van der Waals surface area contributed by atoms with Gasteiger partial charge in [-0.2, -0.15) is 0 Å². The average molecular weight is 315 g/mol. The van der Waals surface area contributed by atoms with Crippen molar-refractivity contribution in [2.75, 3.05) is 13.1 Å². The predicted octanol–water partition coefficient (Wildman–Crippen LogP) is 3.71. The Morgan fingerprint density at radius 1 is 1.47 bits per heavy atom. The maximum absolute atomic E-state index is 5.70. The SMILES string of the molecule is CCCNCCc1ncc(-c2csc(Br)c2)o1. The van der Waals surface area contributed by atoms with Crippen LogP contribution in [0.1, 0.15) is 19.2 Å². The molecule has 0 amide bonds. The van der Waals surface area contributed by atoms with E-state index >= 15 is 0 Å². The fourth-order valence-electron chi connectivity index (χ4n) is 1.50. The molecule has 0 aliphatic rings. The van der Waals surface area contributed by atoms with E-state index in [1.807, 2.05) is 6.07 Å². The summed E-state index contributed by atoms with van der Waals surface area (Å²) in [5.41, 5.74) is 1.09. The molecule has 0 spiro atoms. The van der Waals surface area contributed by atoms with Gasteiger partial charge in [-0.05, 0) is 35.0 Å². The molecular formula is C12H15BrN2OS. The molecule has 0 aliphatic carbocycles. The average Bonchev–Trinajstić information content (AvgIpc) is 2.93. The van der Waals surface area contributed by atoms with Crippen molar-refractivity contribution in [1.29, 1.82) is 0 Å². The molecule has 0 fully saturated rings. The second-order valence-corrected chi connectivity index (χ2v) is 6.05. The third kappa shape index (κ3) is 3.66. The number of thiophene rings is 1. The molecule has 2 rings (SSSR count). The van der Waals surface area contributed by atoms with Crippen molar-refractivity contribution in [1.82, 2.24) is 10.3 Å². The van der Waals surface area contributed by atoms with E-state index in [-0.39, 0.29) is 0 Å². The van der Waals surface area contributed by atoms with Gasteiger partial charge in [0.1, 0.15) is 0 Å². The summed E-state index contributed by atoms with van der Waals surface area (Å²) in [4.78, 5) is 4.28. The van der Waals surface area contributed by atoms with E-state index in [1.54, 1.807) is 17.5 Å². The van der Waals surface area contributed by atoms with Crippen LogP contribution in [0.3, 0.4) is 0 Å². The molecule has 0 saturated carbocycles. The van der Waals surface area contributed by atoms with E-state index in [1.165, 1.54) is 0 Å². The topological polar surface area (TPSA) is 38.1 Å². The van der Waals surface area contributed by atoms with E-state index in [9.17, 15) is 0 Å². The molecule has 0 saturated heterocycles. The van der Waals surface area contributed by atoms with Gasteiger partial charge >= 0.3 is 0 Å². The number of nitrogens with one attached hydrogen (secondary N) is 1. The van der Waals surface area contributed by atoms with Crippen molar-refractivity contribution in [3.05, 3.63) is 27.3 Å². The molecule has 0 radical (unpaired) electrons. The molecule has 0 unspecified atom stereocenters. The van der Waals surface area contributed by atoms with E-state index in [0.717, 1.165) is 46.9 Å². The molecule has 2 aromatic rings. The monoisotopic (exact) mass is 314 g/mol. The van der Waals surface area contributed by atoms with Gasteiger partial charge in [0.25, 0.3) is 0 Å². The van der Waals surface area contributed by atoms with Gasteiger partial charge in [-0.1, -0.05) is 6.92 Å². The zero-order valence-electron chi connectivity index (χ0n) is 9.70. The van der Waals surface area contributed by atoms with Crippen LogP contribution in [0, 0.1) is 0 Å². The highest BCUT2D eigenvalue weighted by Gasteiger charge is 2.07. The maximum Gasteiger partial charge on any atom is 0.196 e. The molecule has 17 heavy (non-hydrogen) atoms. The molecule has 5 heteroatoms. The molecule has 1 N–H and O–H groups in total. The first-order valence-electron chi connectivity index (χ1n) is 5.69. The molecule has 2 aromatic heterocycles. The number of halogens is 1. The number of hydrogen-bond donors (Lipinski definition) is 1. The molecule has 0 aromatic carbocycles. The normalized spacial score (nSPS) is 10.9. The van der Waals surface area contributed by atoms with Crippen molar-refractivity contribution < 1.29 is 4.42 Å². The summed E-state index contributed by atoms with van der Waals surface area (Å²) in [6.45, 7) is 4.12. The number of aromatic nitrogens is 1. The Morgan fingerprint density at radius 3 is 3.06 bits per heavy atom. The van der Waals surface area contributed by atoms with Crippen LogP contribution in [-0.2, 0) is 6.42 Å². The van der Waals surface area contributed by atoms with Gasteiger partial charge < -0.3 is 9.73 Å². The molecule has 0 atom stereocenters. The largest absolute Gasteiger partial charge is 0.441 e. The van der Waals surface area contributed by atoms with Gasteiger partial charge in [-0.3, -0.25) is 0 Å². The highest BCUT2D eigenvalue weighted by Crippen LogP contribution is 2.29. The smallest absolute Gasteiger partial charge is 0.196 e. The van der Waals surface area contributed by atoms with Crippen LogP contribution in [-0.4, -0.2) is 18.1 Å². The first kappa shape index (κ1) is 12.8. The summed E-state index contributed by atoms with van der Waals surface area (Å²) < 4.78 is 6.80. The third-order valence-electron chi connectivity index (χ3n) is 2.35. The lowest BCUT2D eigenvalue weighted by atomic mass is 10.3. The van der Waals surface area contributed by atoms with Crippen LogP contribution >= 0.6 is 27.3 Å². The Balaban J connectivity index is 1.92. The van der Waals surface area contributed by atoms with Crippen molar-refractivity contribution in [3.63, 3.8) is 0 Å². The van der Waals surface area contributed by atoms with Crippen molar-refractivity contribution in [2.45, 2.75) is 19.8 Å². The summed E-state index contributed by atoms with van der Waals surface area (Å²) in [6.07, 6.45) is 3.79. The molecule has 2 heterocycles.